The van der Waals surface area contributed by atoms with E-state index in [2.05, 4.69) is 37.9 Å². The topological polar surface area (TPSA) is 58.4 Å². The molecule has 0 spiro atoms. The molecule has 0 radical (unpaired) electrons. The summed E-state index contributed by atoms with van der Waals surface area (Å²) in [4.78, 5) is 14.0. The summed E-state index contributed by atoms with van der Waals surface area (Å²) in [5.41, 5.74) is 5.86. The lowest BCUT2D eigenvalue weighted by Gasteiger charge is -2.27. The molecule has 1 amide bonds. The molecule has 0 aromatic heterocycles. The van der Waals surface area contributed by atoms with Crippen molar-refractivity contribution in [2.45, 2.75) is 52.6 Å². The highest BCUT2D eigenvalue weighted by Gasteiger charge is 2.18. The molecule has 20 heavy (non-hydrogen) atoms. The molecule has 2 atom stereocenters. The van der Waals surface area contributed by atoms with E-state index < -0.39 is 0 Å². The van der Waals surface area contributed by atoms with Crippen molar-refractivity contribution in [2.75, 3.05) is 20.6 Å². The third-order valence-corrected chi connectivity index (χ3v) is 3.05. The van der Waals surface area contributed by atoms with Crippen molar-refractivity contribution < 1.29 is 4.79 Å². The van der Waals surface area contributed by atoms with Crippen LogP contribution in [0.3, 0.4) is 0 Å². The van der Waals surface area contributed by atoms with E-state index in [1.165, 1.54) is 0 Å². The number of likely N-dealkylation sites (N-methyl/N-ethyl adjacent to an activating group) is 1. The van der Waals surface area contributed by atoms with Gasteiger partial charge < -0.3 is 16.0 Å². The van der Waals surface area contributed by atoms with E-state index in [9.17, 15) is 4.79 Å². The standard InChI is InChI=1S/C14H31N3O.2ClH/c1-10(2)7-12(17(5)6)9-16-14(18)13(15)8-11(3)4;;/h10-13H,7-9,15H2,1-6H3,(H,16,18);2*1H/t12?,13-;;/m0../s1. The maximum Gasteiger partial charge on any atom is 0.236 e. The van der Waals surface area contributed by atoms with Crippen LogP contribution in [-0.4, -0.2) is 43.5 Å². The molecule has 6 heteroatoms. The fourth-order valence-corrected chi connectivity index (χ4v) is 1.99. The Morgan fingerprint density at radius 2 is 1.50 bits per heavy atom. The van der Waals surface area contributed by atoms with Crippen molar-refractivity contribution in [3.8, 4) is 0 Å². The van der Waals surface area contributed by atoms with Crippen molar-refractivity contribution in [1.82, 2.24) is 10.2 Å². The number of halogens is 2. The Balaban J connectivity index is -0.00000144. The van der Waals surface area contributed by atoms with Gasteiger partial charge in [0.1, 0.15) is 0 Å². The van der Waals surface area contributed by atoms with E-state index in [4.69, 9.17) is 5.73 Å². The molecule has 1 unspecified atom stereocenters. The number of nitrogens with zero attached hydrogens (tertiary/aromatic N) is 1. The van der Waals surface area contributed by atoms with Crippen LogP contribution in [0.1, 0.15) is 40.5 Å². The van der Waals surface area contributed by atoms with Gasteiger partial charge in [-0.25, -0.2) is 0 Å². The number of rotatable bonds is 8. The Kier molecular flexibility index (Phi) is 15.8. The Labute approximate surface area is 137 Å². The van der Waals surface area contributed by atoms with Gasteiger partial charge in [0.05, 0.1) is 6.04 Å². The number of amides is 1. The molecule has 0 bridgehead atoms. The van der Waals surface area contributed by atoms with Gasteiger partial charge in [0, 0.05) is 12.6 Å². The summed E-state index contributed by atoms with van der Waals surface area (Å²) in [6, 6.07) is -0.00735. The minimum atomic E-state index is -0.383. The zero-order valence-electron chi connectivity index (χ0n) is 13.7. The van der Waals surface area contributed by atoms with Crippen molar-refractivity contribution in [1.29, 1.82) is 0 Å². The van der Waals surface area contributed by atoms with E-state index >= 15 is 0 Å². The first kappa shape index (κ1) is 25.0. The SMILES string of the molecule is CC(C)CC(CNC(=O)[C@@H](N)CC(C)C)N(C)C.Cl.Cl. The highest BCUT2D eigenvalue weighted by Crippen LogP contribution is 2.08. The Morgan fingerprint density at radius 1 is 1.05 bits per heavy atom. The molecule has 0 aliphatic carbocycles. The first-order chi connectivity index (χ1) is 8.23. The third-order valence-electron chi connectivity index (χ3n) is 3.05. The van der Waals surface area contributed by atoms with Gasteiger partial charge in [-0.1, -0.05) is 27.7 Å². The van der Waals surface area contributed by atoms with Crippen molar-refractivity contribution in [3.63, 3.8) is 0 Å². The molecule has 124 valence electrons. The molecule has 3 N–H and O–H groups in total. The lowest BCUT2D eigenvalue weighted by atomic mass is 10.0. The Hall–Kier alpha value is -0.0300. The maximum absolute atomic E-state index is 11.8. The predicted octanol–water partition coefficient (Wildman–Crippen LogP) is 2.30. The number of hydrogen-bond acceptors (Lipinski definition) is 3. The number of nitrogens with one attached hydrogen (secondary N) is 1. The van der Waals surface area contributed by atoms with Gasteiger partial charge in [-0.05, 0) is 38.8 Å². The van der Waals surface area contributed by atoms with Crippen LogP contribution in [0.15, 0.2) is 0 Å². The van der Waals surface area contributed by atoms with Gasteiger partial charge in [0.25, 0.3) is 0 Å². The number of hydrogen-bond donors (Lipinski definition) is 2. The van der Waals surface area contributed by atoms with Crippen LogP contribution >= 0.6 is 24.8 Å². The largest absolute Gasteiger partial charge is 0.353 e. The summed E-state index contributed by atoms with van der Waals surface area (Å²) in [5.74, 6) is 1.05. The number of carbonyl (C=O) groups excluding carboxylic acids is 1. The first-order valence-electron chi connectivity index (χ1n) is 6.93. The summed E-state index contributed by atoms with van der Waals surface area (Å²) >= 11 is 0. The summed E-state index contributed by atoms with van der Waals surface area (Å²) in [6.07, 6.45) is 1.81. The second-order valence-corrected chi connectivity index (χ2v) is 6.23. The van der Waals surface area contributed by atoms with Crippen molar-refractivity contribution >= 4 is 30.7 Å². The predicted molar refractivity (Wildman–Crippen MR) is 91.9 cm³/mol. The summed E-state index contributed by atoms with van der Waals surface area (Å²) in [7, 11) is 4.10. The van der Waals surface area contributed by atoms with Gasteiger partial charge in [0.2, 0.25) is 5.91 Å². The molecule has 4 nitrogen and oxygen atoms in total. The Morgan fingerprint density at radius 3 is 1.85 bits per heavy atom. The van der Waals surface area contributed by atoms with Crippen LogP contribution in [0, 0.1) is 11.8 Å². The van der Waals surface area contributed by atoms with Gasteiger partial charge in [-0.15, -0.1) is 24.8 Å². The monoisotopic (exact) mass is 329 g/mol. The van der Waals surface area contributed by atoms with Gasteiger partial charge >= 0.3 is 0 Å². The van der Waals surface area contributed by atoms with Gasteiger partial charge in [-0.2, -0.15) is 0 Å². The molecule has 0 aliphatic rings. The molecule has 0 rings (SSSR count). The lowest BCUT2D eigenvalue weighted by molar-refractivity contribution is -0.122. The fraction of sp³-hybridized carbons (Fsp3) is 0.929. The van der Waals surface area contributed by atoms with Crippen LogP contribution in [0.5, 0.6) is 0 Å². The van der Waals surface area contributed by atoms with Crippen LogP contribution in [0.25, 0.3) is 0 Å². The molecule has 0 fully saturated rings. The van der Waals surface area contributed by atoms with Crippen molar-refractivity contribution in [3.05, 3.63) is 0 Å². The maximum atomic E-state index is 11.8. The van der Waals surface area contributed by atoms with Gasteiger partial charge in [0.15, 0.2) is 0 Å². The van der Waals surface area contributed by atoms with E-state index in [0.29, 0.717) is 24.4 Å². The molecule has 0 aromatic rings. The molecule has 0 saturated heterocycles. The summed E-state index contributed by atoms with van der Waals surface area (Å²) < 4.78 is 0. The minimum Gasteiger partial charge on any atom is -0.353 e. The second-order valence-electron chi connectivity index (χ2n) is 6.23. The smallest absolute Gasteiger partial charge is 0.236 e. The average Bonchev–Trinajstić information content (AvgIpc) is 2.21. The highest BCUT2D eigenvalue weighted by atomic mass is 35.5. The molecular weight excluding hydrogens is 297 g/mol. The second kappa shape index (κ2) is 12.7. The number of carbonyl (C=O) groups is 1. The van der Waals surface area contributed by atoms with Crippen molar-refractivity contribution in [2.24, 2.45) is 17.6 Å². The third kappa shape index (κ3) is 11.8. The van der Waals surface area contributed by atoms with E-state index in [0.717, 1.165) is 12.8 Å². The molecule has 0 aliphatic heterocycles. The normalized spacial score (nSPS) is 13.7. The highest BCUT2D eigenvalue weighted by molar-refractivity contribution is 5.85. The van der Waals surface area contributed by atoms with E-state index in [1.54, 1.807) is 0 Å². The zero-order chi connectivity index (χ0) is 14.3. The van der Waals surface area contributed by atoms with Crippen LogP contribution < -0.4 is 11.1 Å². The molecule has 0 heterocycles. The quantitative estimate of drug-likeness (QED) is 0.718. The summed E-state index contributed by atoms with van der Waals surface area (Å²) in [6.45, 7) is 9.23. The number of nitrogens with two attached hydrogens (primary N) is 1. The first-order valence-corrected chi connectivity index (χ1v) is 6.93. The van der Waals surface area contributed by atoms with Crippen LogP contribution in [0.2, 0.25) is 0 Å². The van der Waals surface area contributed by atoms with E-state index in [-0.39, 0.29) is 36.8 Å². The van der Waals surface area contributed by atoms with Crippen LogP contribution in [-0.2, 0) is 4.79 Å². The summed E-state index contributed by atoms with van der Waals surface area (Å²) in [5, 5.41) is 2.97. The van der Waals surface area contributed by atoms with E-state index in [1.807, 2.05) is 14.1 Å². The Bertz CT molecular complexity index is 249. The molecule has 0 saturated carbocycles. The lowest BCUT2D eigenvalue weighted by Crippen LogP contribution is -2.47. The van der Waals surface area contributed by atoms with Gasteiger partial charge in [-0.3, -0.25) is 4.79 Å². The zero-order valence-corrected chi connectivity index (χ0v) is 15.3. The van der Waals surface area contributed by atoms with Crippen LogP contribution in [0.4, 0.5) is 0 Å². The fourth-order valence-electron chi connectivity index (χ4n) is 1.99. The average molecular weight is 330 g/mol. The molecular formula is C14H33Cl2N3O. The molecule has 0 aromatic carbocycles. The minimum absolute atomic E-state index is 0.